The van der Waals surface area contributed by atoms with Gasteiger partial charge in [0.2, 0.25) is 5.91 Å². The number of carbonyl (C=O) groups excluding carboxylic acids is 1. The molecule has 1 aromatic heterocycles. The second-order valence-corrected chi connectivity index (χ2v) is 3.89. The van der Waals surface area contributed by atoms with Crippen molar-refractivity contribution in [3.63, 3.8) is 0 Å². The summed E-state index contributed by atoms with van der Waals surface area (Å²) in [6.07, 6.45) is 6.84. The van der Waals surface area contributed by atoms with Crippen LogP contribution >= 0.6 is 0 Å². The number of nitrogens with zero attached hydrogens (tertiary/aromatic N) is 2. The molecule has 1 aliphatic heterocycles. The molecule has 0 aromatic carbocycles. The third kappa shape index (κ3) is 3.03. The van der Waals surface area contributed by atoms with Crippen molar-refractivity contribution in [2.45, 2.75) is 25.7 Å². The molecule has 0 atom stereocenters. The first kappa shape index (κ1) is 11.1. The maximum Gasteiger partial charge on any atom is 0.246 e. The summed E-state index contributed by atoms with van der Waals surface area (Å²) in [5.41, 5.74) is 1.14. The minimum absolute atomic E-state index is 0.0801. The van der Waals surface area contributed by atoms with Crippen molar-refractivity contribution in [1.29, 1.82) is 0 Å². The Hall–Kier alpha value is -1.42. The quantitative estimate of drug-likeness (QED) is 0.776. The number of rotatable bonds is 3. The minimum Gasteiger partial charge on any atom is -0.273 e. The topological polar surface area (TPSA) is 42.4 Å². The molecule has 2 rings (SSSR count). The molecule has 1 amide bonds. The molecule has 1 fully saturated rings. The normalized spacial score (nSPS) is 16.1. The Bertz CT molecular complexity index is 334. The maximum atomic E-state index is 11.8. The number of amides is 1. The van der Waals surface area contributed by atoms with Gasteiger partial charge in [0.1, 0.15) is 0 Å². The zero-order chi connectivity index (χ0) is 11.2. The fraction of sp³-hybridized carbons (Fsp3) is 0.500. The summed E-state index contributed by atoms with van der Waals surface area (Å²) < 4.78 is 0. The fourth-order valence-corrected chi connectivity index (χ4v) is 1.72. The van der Waals surface area contributed by atoms with Gasteiger partial charge in [0.15, 0.2) is 0 Å². The van der Waals surface area contributed by atoms with Crippen LogP contribution in [0.4, 0.5) is 0 Å². The van der Waals surface area contributed by atoms with E-state index in [1.807, 2.05) is 12.1 Å². The Kier molecular flexibility index (Phi) is 3.88. The molecule has 4 nitrogen and oxygen atoms in total. The second-order valence-electron chi connectivity index (χ2n) is 3.89. The number of carbonyl (C=O) groups is 1. The van der Waals surface area contributed by atoms with Crippen molar-refractivity contribution in [3.8, 4) is 0 Å². The van der Waals surface area contributed by atoms with Crippen molar-refractivity contribution < 1.29 is 9.63 Å². The number of hydrogen-bond donors (Lipinski definition) is 0. The Labute approximate surface area is 95.2 Å². The standard InChI is InChI=1S/C12H16N2O2/c15-12(14-9-1-2-10-16-14)4-3-11-5-7-13-8-6-11/h5-8H,1-4,9-10H2. The fourth-order valence-electron chi connectivity index (χ4n) is 1.72. The lowest BCUT2D eigenvalue weighted by Crippen LogP contribution is -2.35. The van der Waals surface area contributed by atoms with E-state index >= 15 is 0 Å². The summed E-state index contributed by atoms with van der Waals surface area (Å²) in [6.45, 7) is 1.40. The SMILES string of the molecule is O=C(CCc1ccncc1)N1CCCCO1. The molecule has 0 N–H and O–H groups in total. The molecule has 4 heteroatoms. The van der Waals surface area contributed by atoms with Gasteiger partial charge < -0.3 is 0 Å². The average Bonchev–Trinajstić information content (AvgIpc) is 2.38. The number of aromatic nitrogens is 1. The molecular weight excluding hydrogens is 204 g/mol. The van der Waals surface area contributed by atoms with E-state index in [2.05, 4.69) is 4.98 Å². The Balaban J connectivity index is 1.79. The third-order valence-corrected chi connectivity index (χ3v) is 2.66. The van der Waals surface area contributed by atoms with Crippen LogP contribution < -0.4 is 0 Å². The van der Waals surface area contributed by atoms with Gasteiger partial charge in [-0.1, -0.05) is 0 Å². The van der Waals surface area contributed by atoms with Crippen LogP contribution in [0.3, 0.4) is 0 Å². The molecule has 0 saturated carbocycles. The second kappa shape index (κ2) is 5.61. The highest BCUT2D eigenvalue weighted by molar-refractivity contribution is 5.75. The Morgan fingerprint density at radius 1 is 1.38 bits per heavy atom. The summed E-state index contributed by atoms with van der Waals surface area (Å²) in [7, 11) is 0. The largest absolute Gasteiger partial charge is 0.273 e. The molecule has 1 saturated heterocycles. The molecule has 1 aliphatic rings. The third-order valence-electron chi connectivity index (χ3n) is 2.66. The van der Waals surface area contributed by atoms with E-state index in [0.717, 1.165) is 31.4 Å². The summed E-state index contributed by atoms with van der Waals surface area (Å²) in [5.74, 6) is 0.0801. The predicted molar refractivity (Wildman–Crippen MR) is 59.5 cm³/mol. The minimum atomic E-state index is 0.0801. The summed E-state index contributed by atoms with van der Waals surface area (Å²) in [4.78, 5) is 21.0. The zero-order valence-corrected chi connectivity index (χ0v) is 9.26. The van der Waals surface area contributed by atoms with Gasteiger partial charge in [-0.2, -0.15) is 0 Å². The molecule has 1 aromatic rings. The lowest BCUT2D eigenvalue weighted by Gasteiger charge is -2.25. The zero-order valence-electron chi connectivity index (χ0n) is 9.26. The first-order chi connectivity index (χ1) is 7.86. The van der Waals surface area contributed by atoms with Crippen LogP contribution in [0, 0.1) is 0 Å². The van der Waals surface area contributed by atoms with Gasteiger partial charge in [0, 0.05) is 25.4 Å². The van der Waals surface area contributed by atoms with Crippen LogP contribution in [0.5, 0.6) is 0 Å². The lowest BCUT2D eigenvalue weighted by atomic mass is 10.1. The summed E-state index contributed by atoms with van der Waals surface area (Å²) in [5, 5.41) is 1.50. The maximum absolute atomic E-state index is 11.8. The van der Waals surface area contributed by atoms with Gasteiger partial charge in [-0.25, -0.2) is 5.06 Å². The van der Waals surface area contributed by atoms with E-state index in [1.54, 1.807) is 12.4 Å². The average molecular weight is 220 g/mol. The van der Waals surface area contributed by atoms with Crippen LogP contribution in [0.25, 0.3) is 0 Å². The van der Waals surface area contributed by atoms with Gasteiger partial charge in [0.05, 0.1) is 6.61 Å². The number of hydroxylamine groups is 2. The highest BCUT2D eigenvalue weighted by atomic mass is 16.7. The number of aryl methyl sites for hydroxylation is 1. The highest BCUT2D eigenvalue weighted by Gasteiger charge is 2.16. The van der Waals surface area contributed by atoms with E-state index in [1.165, 1.54) is 5.06 Å². The molecule has 0 aliphatic carbocycles. The van der Waals surface area contributed by atoms with Crippen molar-refractivity contribution in [1.82, 2.24) is 10.0 Å². The van der Waals surface area contributed by atoms with E-state index < -0.39 is 0 Å². The van der Waals surface area contributed by atoms with Gasteiger partial charge in [-0.05, 0) is 37.0 Å². The predicted octanol–water partition coefficient (Wildman–Crippen LogP) is 1.57. The van der Waals surface area contributed by atoms with Gasteiger partial charge in [0.25, 0.3) is 0 Å². The smallest absolute Gasteiger partial charge is 0.246 e. The van der Waals surface area contributed by atoms with Gasteiger partial charge in [-0.15, -0.1) is 0 Å². The van der Waals surface area contributed by atoms with Crippen molar-refractivity contribution in [3.05, 3.63) is 30.1 Å². The molecule has 0 unspecified atom stereocenters. The van der Waals surface area contributed by atoms with Gasteiger partial charge in [-0.3, -0.25) is 14.6 Å². The van der Waals surface area contributed by atoms with Crippen LogP contribution in [0.15, 0.2) is 24.5 Å². The molecule has 2 heterocycles. The molecule has 0 spiro atoms. The molecular formula is C12H16N2O2. The number of hydrogen-bond acceptors (Lipinski definition) is 3. The van der Waals surface area contributed by atoms with Crippen LogP contribution in [-0.2, 0) is 16.1 Å². The monoisotopic (exact) mass is 220 g/mol. The van der Waals surface area contributed by atoms with Crippen molar-refractivity contribution >= 4 is 5.91 Å². The molecule has 16 heavy (non-hydrogen) atoms. The lowest BCUT2D eigenvalue weighted by molar-refractivity contribution is -0.197. The molecule has 0 radical (unpaired) electrons. The molecule has 0 bridgehead atoms. The van der Waals surface area contributed by atoms with Gasteiger partial charge >= 0.3 is 0 Å². The van der Waals surface area contributed by atoms with E-state index in [9.17, 15) is 4.79 Å². The summed E-state index contributed by atoms with van der Waals surface area (Å²) >= 11 is 0. The molecule has 86 valence electrons. The van der Waals surface area contributed by atoms with Crippen LogP contribution in [-0.4, -0.2) is 29.1 Å². The van der Waals surface area contributed by atoms with E-state index in [-0.39, 0.29) is 5.91 Å². The van der Waals surface area contributed by atoms with E-state index in [4.69, 9.17) is 4.84 Å². The van der Waals surface area contributed by atoms with Crippen LogP contribution in [0.2, 0.25) is 0 Å². The first-order valence-electron chi connectivity index (χ1n) is 5.68. The Morgan fingerprint density at radius 3 is 2.88 bits per heavy atom. The van der Waals surface area contributed by atoms with E-state index in [0.29, 0.717) is 13.0 Å². The van der Waals surface area contributed by atoms with Crippen molar-refractivity contribution in [2.75, 3.05) is 13.2 Å². The number of pyridine rings is 1. The first-order valence-corrected chi connectivity index (χ1v) is 5.68. The van der Waals surface area contributed by atoms with Crippen LogP contribution in [0.1, 0.15) is 24.8 Å². The Morgan fingerprint density at radius 2 is 2.19 bits per heavy atom. The highest BCUT2D eigenvalue weighted by Crippen LogP contribution is 2.09. The van der Waals surface area contributed by atoms with Crippen molar-refractivity contribution in [2.24, 2.45) is 0 Å². The summed E-state index contributed by atoms with van der Waals surface area (Å²) in [6, 6.07) is 3.87.